The van der Waals surface area contributed by atoms with Crippen LogP contribution in [-0.4, -0.2) is 211 Å². The van der Waals surface area contributed by atoms with Crippen LogP contribution in [0.15, 0.2) is 149 Å². The fraction of sp³-hybridized carbons (Fsp3) is 0.453. The SMILES string of the molecule is CCN(c1c(C)c(C(=O)NCc2c(C)cc(C)[nH]c2=O)cc2cc(-c3cnn(C)c3)cn12)C1CCOCC1.CCN(c1c(C)c(C(=O)O)cc2cc(-c3cnn(C)c3)cn12)C1CCOCC1.Cc1cc(C)c(C[N-]Cl)c(=O)[nH]1.Cn1cc(B2OC(C)(C)C(C)(C)O2)cn1.[C-]#[N+]c1cc2cc(-c3cnn(C)c3)cn2c(N(CC)C2CCOCC2)c1C.[C-]#[N+]c1cc2cc(Br)cn2c(N(CC)C2CCOCC2)c1C.[Na+].[OH-]. The molecule has 0 atom stereocenters. The van der Waals surface area contributed by atoms with Crippen molar-refractivity contribution in [1.29, 1.82) is 0 Å². The summed E-state index contributed by atoms with van der Waals surface area (Å²) in [4.78, 5) is 75.4. The average molecular weight is 2060 g/mol. The first-order valence-electron chi connectivity index (χ1n) is 48.9. The predicted octanol–water partition coefficient (Wildman–Crippen LogP) is 15.6. The van der Waals surface area contributed by atoms with Crippen LogP contribution in [0.5, 0.6) is 0 Å². The Morgan fingerprint density at radius 2 is 0.806 bits per heavy atom. The normalized spacial score (nSPS) is 15.3. The molecule has 5 aliphatic rings. The minimum atomic E-state index is -0.895. The number of carbonyl (C=O) groups is 2. The maximum atomic E-state index is 13.6. The topological polar surface area (TPSA) is 342 Å². The molecule has 5 aliphatic heterocycles. The van der Waals surface area contributed by atoms with Crippen LogP contribution in [0.25, 0.3) is 70.0 Å². The number of hydrogen-bond donors (Lipinski definition) is 4. The molecule has 14 aromatic rings. The van der Waals surface area contributed by atoms with Gasteiger partial charge >= 0.3 is 42.6 Å². The van der Waals surface area contributed by atoms with Crippen molar-refractivity contribution in [3.8, 4) is 33.4 Å². The number of rotatable bonds is 22. The number of fused-ring (bicyclic) bond motifs is 4. The summed E-state index contributed by atoms with van der Waals surface area (Å²) in [6.07, 6.45) is 31.6. The Bertz CT molecular complexity index is 7030. The summed E-state index contributed by atoms with van der Waals surface area (Å²) < 4.78 is 51.0. The van der Waals surface area contributed by atoms with Gasteiger partial charge in [-0.2, -0.15) is 20.4 Å². The number of nitrogens with one attached hydrogen (secondary N) is 3. The molecule has 0 aliphatic carbocycles. The number of halogens is 2. The molecule has 760 valence electrons. The molecule has 5 fully saturated rings. The third-order valence-electron chi connectivity index (χ3n) is 28.0. The molecule has 144 heavy (non-hydrogen) atoms. The van der Waals surface area contributed by atoms with E-state index in [2.05, 4.69) is 188 Å². The van der Waals surface area contributed by atoms with Crippen LogP contribution in [0.2, 0.25) is 0 Å². The van der Waals surface area contributed by atoms with Gasteiger partial charge in [-0.25, -0.2) is 14.5 Å². The minimum absolute atomic E-state index is 0. The van der Waals surface area contributed by atoms with Gasteiger partial charge in [0.2, 0.25) is 5.56 Å². The summed E-state index contributed by atoms with van der Waals surface area (Å²) in [5.41, 5.74) is 21.2. The smallest absolute Gasteiger partial charge is 0.870 e. The summed E-state index contributed by atoms with van der Waals surface area (Å²) in [7, 11) is 7.30. The second-order valence-electron chi connectivity index (χ2n) is 38.1. The van der Waals surface area contributed by atoms with Gasteiger partial charge < -0.3 is 96.2 Å². The molecular weight excluding hydrogens is 1920 g/mol. The van der Waals surface area contributed by atoms with E-state index in [4.69, 9.17) is 53.2 Å². The van der Waals surface area contributed by atoms with E-state index in [0.717, 1.165) is 275 Å². The van der Waals surface area contributed by atoms with Gasteiger partial charge in [-0.1, -0.05) is 0 Å². The summed E-state index contributed by atoms with van der Waals surface area (Å²) in [6, 6.07) is 21.4. The van der Waals surface area contributed by atoms with Crippen molar-refractivity contribution in [3.63, 3.8) is 0 Å². The number of aromatic amines is 2. The van der Waals surface area contributed by atoms with Crippen molar-refractivity contribution in [2.45, 2.75) is 211 Å². The van der Waals surface area contributed by atoms with Crippen LogP contribution in [-0.2, 0) is 69.5 Å². The number of pyridine rings is 6. The Balaban J connectivity index is 0.000000159. The molecule has 0 unspecified atom stereocenters. The van der Waals surface area contributed by atoms with Crippen molar-refractivity contribution in [1.82, 2.24) is 72.0 Å². The van der Waals surface area contributed by atoms with E-state index in [-0.39, 0.29) is 83.5 Å². The number of H-pyrrole nitrogens is 2. The van der Waals surface area contributed by atoms with Gasteiger partial charge in [0, 0.05) is 298 Å². The van der Waals surface area contributed by atoms with Gasteiger partial charge in [-0.05, 0) is 261 Å². The van der Waals surface area contributed by atoms with E-state index in [1.165, 1.54) is 0 Å². The largest absolute Gasteiger partial charge is 1.00 e. The molecule has 0 spiro atoms. The summed E-state index contributed by atoms with van der Waals surface area (Å²) in [5, 5.41) is 29.8. The zero-order valence-corrected chi connectivity index (χ0v) is 91.2. The van der Waals surface area contributed by atoms with Crippen molar-refractivity contribution in [2.24, 2.45) is 28.2 Å². The Kier molecular flexibility index (Phi) is 37.9. The molecule has 0 saturated carbocycles. The maximum Gasteiger partial charge on any atom is 1.00 e. The Labute approximate surface area is 878 Å². The number of carboxylic acid groups (broad SMARTS) is 1. The summed E-state index contributed by atoms with van der Waals surface area (Å²) in [6.45, 7) is 57.5. The second kappa shape index (κ2) is 49.1. The maximum absolute atomic E-state index is 13.6. The first kappa shape index (κ1) is 111. The van der Waals surface area contributed by atoms with Crippen LogP contribution < -0.4 is 71.1 Å². The number of hydrogen-bond acceptors (Lipinski definition) is 19. The number of ether oxygens (including phenoxy) is 4. The van der Waals surface area contributed by atoms with E-state index in [1.807, 2.05) is 182 Å². The number of carboxylic acids is 1. The molecule has 19 heterocycles. The molecule has 14 aromatic heterocycles. The number of aromatic carboxylic acids is 1. The van der Waals surface area contributed by atoms with Gasteiger partial charge in [0.05, 0.1) is 48.5 Å². The van der Waals surface area contributed by atoms with Gasteiger partial charge in [0.25, 0.3) is 11.5 Å². The molecular formula is C106H135BBrClN22NaO12-. The Morgan fingerprint density at radius 1 is 0.479 bits per heavy atom. The number of amides is 1. The number of aromatic nitrogens is 14. The van der Waals surface area contributed by atoms with Crippen LogP contribution in [0.3, 0.4) is 0 Å². The molecule has 0 aromatic carbocycles. The van der Waals surface area contributed by atoms with Gasteiger partial charge in [-0.15, -0.1) is 6.54 Å². The molecule has 5 N–H and O–H groups in total. The van der Waals surface area contributed by atoms with E-state index in [0.29, 0.717) is 46.4 Å². The molecule has 34 nitrogen and oxygen atoms in total. The zero-order valence-electron chi connectivity index (χ0n) is 86.9. The monoisotopic (exact) mass is 2060 g/mol. The Hall–Kier alpha value is -11.6. The third kappa shape index (κ3) is 25.0. The standard InChI is InChI=1S/C29H36N6O3.C21H25N5O.C21H26N4O3.C17H20BrN3O.C10H17BN2O2.C8H10ClN2O.Na.H2O/c1-6-34(23-7-9-38-10-8-23)29-20(4)25(27(36)30-15-26-18(2)11-19(3)32-28(26)37)13-24-12-21(17-35(24)29)22-14-31-33(5)16-22;1-5-25(18-6-8-27-9-7-18)21-15(2)20(22-3)11-19-10-16(14-26(19)21)17-12-23-24(4)13-17;1-4-24(17-5-7-28-8-6-17)20-14(2)19(21(26)27)10-18-9-15(13-25(18)20)16-11-22-23(3)12-16;1-4-20(14-5-7-22-8-6-14)17-12(2)16(19-3)10-15-9-13(18)11-21(15)17;1-9(2)10(3,4)15-11(14-9)8-6-12-13(5)7-8;1-5-3-6(2)11-8(12)7(5)4-10-9;;/h11-14,16-17,23H,6-10,15H2,1-5H3,(H,30,36)(H,32,37);10-14,18H,5-9H2,1-2,4H3;9-13,17H,4-8H2,1-3H3,(H,26,27);9-11,14H,4-8H2,1-2H3;6-7H,1-5H3;3H,4H2,1-2H3,(H,11,12);;1H2/q;;;;;-1;+1;/p-1. The molecule has 0 radical (unpaired) electrons. The van der Waals surface area contributed by atoms with Crippen molar-refractivity contribution >= 4 is 109 Å². The van der Waals surface area contributed by atoms with Gasteiger partial charge in [-0.3, -0.25) is 44.9 Å². The van der Waals surface area contributed by atoms with Crippen molar-refractivity contribution in [2.75, 3.05) is 98.6 Å². The predicted molar refractivity (Wildman–Crippen MR) is 568 cm³/mol. The molecule has 19 rings (SSSR count). The van der Waals surface area contributed by atoms with Crippen LogP contribution in [0, 0.1) is 68.5 Å². The summed E-state index contributed by atoms with van der Waals surface area (Å²) in [5.74, 6) is 3.15. The van der Waals surface area contributed by atoms with E-state index in [1.54, 1.807) is 26.3 Å². The van der Waals surface area contributed by atoms with Crippen molar-refractivity contribution in [3.05, 3.63) is 255 Å². The van der Waals surface area contributed by atoms with Gasteiger partial charge in [0.1, 0.15) is 23.3 Å². The first-order valence-corrected chi connectivity index (χ1v) is 50.0. The number of nitrogens with zero attached hydrogens (tertiary/aromatic N) is 19. The molecule has 38 heteroatoms. The fourth-order valence-electron chi connectivity index (χ4n) is 19.9. The van der Waals surface area contributed by atoms with Crippen molar-refractivity contribution < 1.29 is 78.0 Å². The summed E-state index contributed by atoms with van der Waals surface area (Å²) >= 11 is 8.75. The van der Waals surface area contributed by atoms with E-state index in [9.17, 15) is 24.3 Å². The number of carbonyl (C=O) groups excluding carboxylic acids is 1. The molecule has 1 amide bonds. The average Bonchev–Trinajstić information content (AvgIpc) is 1.66. The third-order valence-corrected chi connectivity index (χ3v) is 28.6. The zero-order chi connectivity index (χ0) is 102. The Morgan fingerprint density at radius 3 is 1.13 bits per heavy atom. The molecule has 0 bridgehead atoms. The van der Waals surface area contributed by atoms with Gasteiger partial charge in [0.15, 0.2) is 11.4 Å². The number of aryl methyl sites for hydroxylation is 8. The van der Waals surface area contributed by atoms with Crippen LogP contribution in [0.1, 0.15) is 183 Å². The second-order valence-corrected chi connectivity index (χ2v) is 39.3. The van der Waals surface area contributed by atoms with Crippen LogP contribution >= 0.6 is 27.7 Å². The quantitative estimate of drug-likeness (QED) is 0.0362. The fourth-order valence-corrected chi connectivity index (χ4v) is 20.5. The van der Waals surface area contributed by atoms with Crippen LogP contribution in [0.4, 0.5) is 34.6 Å². The number of anilines is 4. The van der Waals surface area contributed by atoms with E-state index >= 15 is 0 Å². The first-order chi connectivity index (χ1) is 68.0. The molecule has 5 saturated heterocycles. The van der Waals surface area contributed by atoms with E-state index < -0.39 is 5.97 Å². The minimum Gasteiger partial charge on any atom is -0.870 e.